The number of carbonyl (C=O) groups excluding carboxylic acids is 2. The normalized spacial score (nSPS) is 10.8. The molecule has 144 valence electrons. The van der Waals surface area contributed by atoms with E-state index in [0.29, 0.717) is 22.8 Å². The average molecular weight is 380 g/mol. The molecule has 0 aliphatic rings. The molecule has 3 rings (SSSR count). The van der Waals surface area contributed by atoms with Crippen molar-refractivity contribution in [2.75, 3.05) is 14.2 Å². The van der Waals surface area contributed by atoms with Gasteiger partial charge in [0.1, 0.15) is 28.6 Å². The predicted molar refractivity (Wildman–Crippen MR) is 103 cm³/mol. The highest BCUT2D eigenvalue weighted by molar-refractivity contribution is 6.22. The van der Waals surface area contributed by atoms with Crippen LogP contribution in [0.4, 0.5) is 0 Å². The first-order valence-corrected chi connectivity index (χ1v) is 8.88. The minimum absolute atomic E-state index is 0.0186. The molecule has 0 unspecified atom stereocenters. The second-order valence-corrected chi connectivity index (χ2v) is 6.32. The van der Waals surface area contributed by atoms with E-state index in [0.717, 1.165) is 12.8 Å². The third-order valence-corrected chi connectivity index (χ3v) is 4.80. The van der Waals surface area contributed by atoms with Gasteiger partial charge in [0.15, 0.2) is 0 Å². The first-order valence-electron chi connectivity index (χ1n) is 8.88. The molecular weight excluding hydrogens is 360 g/mol. The van der Waals surface area contributed by atoms with Crippen molar-refractivity contribution in [2.45, 2.75) is 26.3 Å². The Morgan fingerprint density at radius 2 is 1.79 bits per heavy atom. The first kappa shape index (κ1) is 19.2. The van der Waals surface area contributed by atoms with Crippen molar-refractivity contribution < 1.29 is 24.2 Å². The molecule has 0 spiro atoms. The number of nitriles is 1. The summed E-state index contributed by atoms with van der Waals surface area (Å²) in [7, 11) is 2.43. The number of nitrogens with zero attached hydrogens (tertiary/aromatic N) is 2. The summed E-state index contributed by atoms with van der Waals surface area (Å²) in [6.07, 6.45) is 1.60. The Morgan fingerprint density at radius 1 is 1.14 bits per heavy atom. The Balaban J connectivity index is 2.67. The number of unbranched alkanes of at least 4 members (excludes halogenated alkanes) is 1. The second kappa shape index (κ2) is 7.61. The quantitative estimate of drug-likeness (QED) is 0.677. The monoisotopic (exact) mass is 380 g/mol. The number of hydrogen-bond acceptors (Lipinski definition) is 6. The highest BCUT2D eigenvalue weighted by atomic mass is 16.5. The van der Waals surface area contributed by atoms with E-state index in [9.17, 15) is 20.0 Å². The summed E-state index contributed by atoms with van der Waals surface area (Å²) in [4.78, 5) is 25.3. The molecule has 1 N–H and O–H groups in total. The topological polar surface area (TPSA) is 102 Å². The van der Waals surface area contributed by atoms with Gasteiger partial charge in [-0.05, 0) is 6.42 Å². The Kier molecular flexibility index (Phi) is 5.23. The van der Waals surface area contributed by atoms with Gasteiger partial charge in [0, 0.05) is 22.7 Å². The number of aromatic nitrogens is 1. The second-order valence-electron chi connectivity index (χ2n) is 6.32. The number of fused-ring (bicyclic) bond motifs is 3. The Morgan fingerprint density at radius 3 is 2.36 bits per heavy atom. The van der Waals surface area contributed by atoms with Crippen LogP contribution in [0.15, 0.2) is 24.3 Å². The molecule has 0 amide bonds. The van der Waals surface area contributed by atoms with Gasteiger partial charge in [-0.3, -0.25) is 0 Å². The number of benzene rings is 2. The number of aryl methyl sites for hydroxylation is 1. The third kappa shape index (κ3) is 2.74. The van der Waals surface area contributed by atoms with Crippen LogP contribution >= 0.6 is 0 Å². The fourth-order valence-electron chi connectivity index (χ4n) is 3.55. The molecule has 0 saturated heterocycles. The van der Waals surface area contributed by atoms with Crippen molar-refractivity contribution in [2.24, 2.45) is 0 Å². The van der Waals surface area contributed by atoms with Crippen LogP contribution in [0.1, 0.15) is 46.2 Å². The molecule has 0 aliphatic heterocycles. The lowest BCUT2D eigenvalue weighted by Gasteiger charge is -2.12. The summed E-state index contributed by atoms with van der Waals surface area (Å²) < 4.78 is 11.5. The van der Waals surface area contributed by atoms with E-state index in [2.05, 4.69) is 0 Å². The zero-order valence-electron chi connectivity index (χ0n) is 15.9. The van der Waals surface area contributed by atoms with Crippen LogP contribution in [0.5, 0.6) is 5.75 Å². The Labute approximate surface area is 161 Å². The van der Waals surface area contributed by atoms with Gasteiger partial charge in [0.05, 0.1) is 19.7 Å². The average Bonchev–Trinajstić information content (AvgIpc) is 3.06. The van der Waals surface area contributed by atoms with Gasteiger partial charge < -0.3 is 19.1 Å². The predicted octanol–water partition coefficient (Wildman–Crippen LogP) is 3.75. The summed E-state index contributed by atoms with van der Waals surface area (Å²) in [5.74, 6) is -1.72. The zero-order valence-corrected chi connectivity index (χ0v) is 15.9. The van der Waals surface area contributed by atoms with Crippen LogP contribution in [0.2, 0.25) is 0 Å². The minimum Gasteiger partial charge on any atom is -0.506 e. The lowest BCUT2D eigenvalue weighted by Crippen LogP contribution is -2.16. The van der Waals surface area contributed by atoms with Crippen LogP contribution in [-0.4, -0.2) is 35.8 Å². The smallest absolute Gasteiger partial charge is 0.355 e. The van der Waals surface area contributed by atoms with Crippen molar-refractivity contribution in [1.82, 2.24) is 4.57 Å². The summed E-state index contributed by atoms with van der Waals surface area (Å²) in [6, 6.07) is 8.99. The largest absolute Gasteiger partial charge is 0.506 e. The SMILES string of the molecule is CCCCn1c(C(=O)OC)c(C(=O)OC)c2c(C#N)c(O)c3ccccc3c21. The van der Waals surface area contributed by atoms with E-state index in [1.54, 1.807) is 28.8 Å². The van der Waals surface area contributed by atoms with Crippen molar-refractivity contribution in [3.63, 3.8) is 0 Å². The highest BCUT2D eigenvalue weighted by Crippen LogP contribution is 2.41. The van der Waals surface area contributed by atoms with Crippen LogP contribution in [0.3, 0.4) is 0 Å². The lowest BCUT2D eigenvalue weighted by molar-refractivity contribution is 0.0548. The van der Waals surface area contributed by atoms with Gasteiger partial charge in [-0.1, -0.05) is 37.6 Å². The van der Waals surface area contributed by atoms with Crippen molar-refractivity contribution >= 4 is 33.6 Å². The maximum absolute atomic E-state index is 12.6. The summed E-state index contributed by atoms with van der Waals surface area (Å²) in [5, 5.41) is 21.7. The molecule has 0 saturated carbocycles. The summed E-state index contributed by atoms with van der Waals surface area (Å²) in [5.41, 5.74) is 0.400. The van der Waals surface area contributed by atoms with Crippen molar-refractivity contribution in [3.8, 4) is 11.8 Å². The number of aromatic hydroxyl groups is 1. The molecule has 1 aromatic heterocycles. The van der Waals surface area contributed by atoms with E-state index in [1.807, 2.05) is 13.0 Å². The molecule has 7 heteroatoms. The summed E-state index contributed by atoms with van der Waals surface area (Å²) >= 11 is 0. The van der Waals surface area contributed by atoms with E-state index in [1.165, 1.54) is 14.2 Å². The van der Waals surface area contributed by atoms with Crippen LogP contribution in [0, 0.1) is 11.3 Å². The van der Waals surface area contributed by atoms with Crippen molar-refractivity contribution in [1.29, 1.82) is 5.26 Å². The molecule has 2 aromatic carbocycles. The van der Waals surface area contributed by atoms with Crippen LogP contribution in [-0.2, 0) is 16.0 Å². The first-order chi connectivity index (χ1) is 13.5. The molecule has 1 heterocycles. The van der Waals surface area contributed by atoms with Crippen LogP contribution in [0.25, 0.3) is 21.7 Å². The van der Waals surface area contributed by atoms with Gasteiger partial charge >= 0.3 is 11.9 Å². The number of carbonyl (C=O) groups is 2. The number of esters is 2. The number of phenols is 1. The Hall–Kier alpha value is -3.53. The van der Waals surface area contributed by atoms with Gasteiger partial charge in [-0.25, -0.2) is 9.59 Å². The molecule has 7 nitrogen and oxygen atoms in total. The molecule has 0 bridgehead atoms. The molecule has 0 fully saturated rings. The Bertz CT molecular complexity index is 1140. The van der Waals surface area contributed by atoms with Gasteiger partial charge in [0.25, 0.3) is 0 Å². The molecule has 0 atom stereocenters. The number of ether oxygens (including phenoxy) is 2. The third-order valence-electron chi connectivity index (χ3n) is 4.80. The molecular formula is C21H20N2O5. The lowest BCUT2D eigenvalue weighted by atomic mass is 9.98. The molecule has 0 radical (unpaired) electrons. The number of phenolic OH excluding ortho intramolecular Hbond substituents is 1. The number of methoxy groups -OCH3 is 2. The van der Waals surface area contributed by atoms with Crippen molar-refractivity contribution in [3.05, 3.63) is 41.1 Å². The minimum atomic E-state index is -0.771. The standard InChI is InChI=1S/C21H20N2O5/c1-4-5-10-23-17-12-8-6-7-9-13(12)19(24)14(11-22)15(17)16(20(25)27-2)18(23)21(26)28-3/h6-9,24H,4-5,10H2,1-3H3. The van der Waals surface area contributed by atoms with E-state index < -0.39 is 11.9 Å². The van der Waals surface area contributed by atoms with E-state index in [-0.39, 0.29) is 28.0 Å². The van der Waals surface area contributed by atoms with Crippen LogP contribution < -0.4 is 0 Å². The fraction of sp³-hybridized carbons (Fsp3) is 0.286. The molecule has 3 aromatic rings. The highest BCUT2D eigenvalue weighted by Gasteiger charge is 2.32. The molecule has 28 heavy (non-hydrogen) atoms. The number of rotatable bonds is 5. The van der Waals surface area contributed by atoms with E-state index in [4.69, 9.17) is 9.47 Å². The summed E-state index contributed by atoms with van der Waals surface area (Å²) in [6.45, 7) is 2.45. The number of hydrogen-bond donors (Lipinski definition) is 1. The maximum Gasteiger partial charge on any atom is 0.355 e. The van der Waals surface area contributed by atoms with Gasteiger partial charge in [-0.2, -0.15) is 5.26 Å². The van der Waals surface area contributed by atoms with Gasteiger partial charge in [-0.15, -0.1) is 0 Å². The molecule has 0 aliphatic carbocycles. The fourth-order valence-corrected chi connectivity index (χ4v) is 3.55. The zero-order chi connectivity index (χ0) is 20.4. The maximum atomic E-state index is 12.6. The van der Waals surface area contributed by atoms with Gasteiger partial charge in [0.2, 0.25) is 0 Å². The van der Waals surface area contributed by atoms with E-state index >= 15 is 0 Å².